The van der Waals surface area contributed by atoms with Gasteiger partial charge in [0.15, 0.2) is 0 Å². The van der Waals surface area contributed by atoms with Crippen LogP contribution in [0, 0.1) is 6.42 Å². The Bertz CT molecular complexity index is 1010. The molecule has 0 spiro atoms. The first kappa shape index (κ1) is 16.6. The summed E-state index contributed by atoms with van der Waals surface area (Å²) in [6.07, 6.45) is 3.73. The average Bonchev–Trinajstić information content (AvgIpc) is 3.02. The summed E-state index contributed by atoms with van der Waals surface area (Å²) in [5, 5.41) is 5.21. The molecule has 1 radical (unpaired) electrons. The van der Waals surface area contributed by atoms with Crippen molar-refractivity contribution >= 4 is 34.4 Å². The highest BCUT2D eigenvalue weighted by molar-refractivity contribution is 6.35. The number of nitrogens with zero attached hydrogens (tertiary/aromatic N) is 3. The van der Waals surface area contributed by atoms with Crippen LogP contribution in [0.1, 0.15) is 16.7 Å². The van der Waals surface area contributed by atoms with Crippen molar-refractivity contribution in [3.05, 3.63) is 70.7 Å². The molecule has 7 heteroatoms. The van der Waals surface area contributed by atoms with Crippen molar-refractivity contribution in [3.63, 3.8) is 0 Å². The van der Waals surface area contributed by atoms with Gasteiger partial charge >= 0.3 is 6.03 Å². The molecule has 2 amide bonds. The topological polar surface area (TPSA) is 81.2 Å². The number of carbonyl (C=O) groups is 2. The quantitative estimate of drug-likeness (QED) is 0.756. The number of hydrogen-bond acceptors (Lipinski definition) is 3. The summed E-state index contributed by atoms with van der Waals surface area (Å²) in [4.78, 5) is 26.0. The Balaban J connectivity index is 1.79. The van der Waals surface area contributed by atoms with Crippen LogP contribution >= 0.6 is 11.6 Å². The van der Waals surface area contributed by atoms with Crippen molar-refractivity contribution in [2.24, 2.45) is 5.73 Å². The van der Waals surface area contributed by atoms with Crippen LogP contribution in [0.3, 0.4) is 0 Å². The molecule has 2 aromatic carbocycles. The van der Waals surface area contributed by atoms with Crippen LogP contribution in [0.2, 0.25) is 5.02 Å². The Kier molecular flexibility index (Phi) is 4.12. The maximum atomic E-state index is 12.6. The molecule has 0 fully saturated rings. The minimum Gasteiger partial charge on any atom is -0.350 e. The number of nitrogens with two attached hydrogens (primary N) is 1. The molecule has 0 saturated carbocycles. The third-order valence-electron chi connectivity index (χ3n) is 4.59. The lowest BCUT2D eigenvalue weighted by atomic mass is 10.0. The Morgan fingerprint density at radius 2 is 2.04 bits per heavy atom. The Morgan fingerprint density at radius 1 is 1.27 bits per heavy atom. The van der Waals surface area contributed by atoms with Crippen LogP contribution in [-0.4, -0.2) is 26.6 Å². The minimum absolute atomic E-state index is 0.0309. The van der Waals surface area contributed by atoms with E-state index < -0.39 is 6.03 Å². The number of aromatic nitrogens is 2. The summed E-state index contributed by atoms with van der Waals surface area (Å²) >= 11 is 6.36. The number of rotatable bonds is 2. The zero-order valence-corrected chi connectivity index (χ0v) is 14.6. The summed E-state index contributed by atoms with van der Waals surface area (Å²) in [6, 6.07) is 10.9. The zero-order valence-electron chi connectivity index (χ0n) is 13.9. The standard InChI is InChI=1S/C19H16ClN4O2/c20-16-8-13-6-7-17(25)23(10-12-4-2-1-3-5-12)11-15(13)14-9-22-24(18(14)16)19(21)26/h1-5,7-9H,6,10-11H2,(H2,21,26). The van der Waals surface area contributed by atoms with Crippen molar-refractivity contribution in [1.82, 2.24) is 14.7 Å². The molecular weight excluding hydrogens is 352 g/mol. The smallest absolute Gasteiger partial charge is 0.340 e. The molecule has 1 aromatic heterocycles. The van der Waals surface area contributed by atoms with Gasteiger partial charge < -0.3 is 10.6 Å². The van der Waals surface area contributed by atoms with Gasteiger partial charge in [-0.3, -0.25) is 4.79 Å². The molecule has 6 nitrogen and oxygen atoms in total. The van der Waals surface area contributed by atoms with Gasteiger partial charge in [-0.15, -0.1) is 0 Å². The highest BCUT2D eigenvalue weighted by atomic mass is 35.5. The highest BCUT2D eigenvalue weighted by Crippen LogP contribution is 2.33. The van der Waals surface area contributed by atoms with Gasteiger partial charge in [0.25, 0.3) is 0 Å². The van der Waals surface area contributed by atoms with Gasteiger partial charge in [0.05, 0.1) is 23.2 Å². The molecule has 1 aliphatic rings. The second kappa shape index (κ2) is 6.46. The van der Waals surface area contributed by atoms with E-state index in [2.05, 4.69) is 5.10 Å². The molecule has 0 atom stereocenters. The van der Waals surface area contributed by atoms with Gasteiger partial charge in [-0.25, -0.2) is 4.79 Å². The SMILES string of the molecule is NC(=O)n1ncc2c3c(cc(Cl)c21)C[CH]C(=O)N(Cc1ccccc1)C3. The van der Waals surface area contributed by atoms with Gasteiger partial charge in [0, 0.05) is 18.5 Å². The van der Waals surface area contributed by atoms with E-state index in [-0.39, 0.29) is 5.91 Å². The Hall–Kier alpha value is -2.86. The first-order valence-corrected chi connectivity index (χ1v) is 8.56. The van der Waals surface area contributed by atoms with Crippen LogP contribution in [0.15, 0.2) is 42.6 Å². The Labute approximate surface area is 155 Å². The number of benzene rings is 2. The minimum atomic E-state index is -0.695. The second-order valence-corrected chi connectivity index (χ2v) is 6.65. The van der Waals surface area contributed by atoms with E-state index in [9.17, 15) is 9.59 Å². The van der Waals surface area contributed by atoms with Gasteiger partial charge in [0.2, 0.25) is 5.91 Å². The first-order valence-electron chi connectivity index (χ1n) is 8.18. The highest BCUT2D eigenvalue weighted by Gasteiger charge is 2.25. The van der Waals surface area contributed by atoms with Crippen molar-refractivity contribution in [2.45, 2.75) is 19.5 Å². The maximum Gasteiger partial charge on any atom is 0.340 e. The van der Waals surface area contributed by atoms with E-state index in [1.807, 2.05) is 30.3 Å². The van der Waals surface area contributed by atoms with Gasteiger partial charge in [-0.2, -0.15) is 9.78 Å². The number of primary amides is 1. The summed E-state index contributed by atoms with van der Waals surface area (Å²) in [5.41, 5.74) is 8.81. The number of amides is 2. The van der Waals surface area contributed by atoms with Gasteiger partial charge in [-0.05, 0) is 29.2 Å². The maximum absolute atomic E-state index is 12.6. The summed E-state index contributed by atoms with van der Waals surface area (Å²) in [7, 11) is 0. The zero-order chi connectivity index (χ0) is 18.3. The van der Waals surface area contributed by atoms with E-state index in [1.165, 1.54) is 0 Å². The first-order chi connectivity index (χ1) is 12.5. The predicted octanol–water partition coefficient (Wildman–Crippen LogP) is 2.91. The van der Waals surface area contributed by atoms with E-state index >= 15 is 0 Å². The molecule has 2 N–H and O–H groups in total. The van der Waals surface area contributed by atoms with E-state index in [4.69, 9.17) is 17.3 Å². The molecule has 131 valence electrons. The van der Waals surface area contributed by atoms with Crippen molar-refractivity contribution in [3.8, 4) is 0 Å². The monoisotopic (exact) mass is 367 g/mol. The summed E-state index contributed by atoms with van der Waals surface area (Å²) in [6.45, 7) is 0.918. The van der Waals surface area contributed by atoms with Crippen LogP contribution < -0.4 is 5.73 Å². The fourth-order valence-corrected chi connectivity index (χ4v) is 3.66. The number of hydrogen-bond donors (Lipinski definition) is 1. The largest absolute Gasteiger partial charge is 0.350 e. The third-order valence-corrected chi connectivity index (χ3v) is 4.88. The van der Waals surface area contributed by atoms with Gasteiger partial charge in [0.1, 0.15) is 0 Å². The number of fused-ring (bicyclic) bond motifs is 3. The molecule has 0 aliphatic carbocycles. The van der Waals surface area contributed by atoms with Crippen molar-refractivity contribution < 1.29 is 9.59 Å². The Morgan fingerprint density at radius 3 is 2.77 bits per heavy atom. The van der Waals surface area contributed by atoms with E-state index in [1.54, 1.807) is 23.6 Å². The molecule has 0 saturated heterocycles. The van der Waals surface area contributed by atoms with Crippen LogP contribution in [0.4, 0.5) is 4.79 Å². The van der Waals surface area contributed by atoms with Crippen molar-refractivity contribution in [2.75, 3.05) is 0 Å². The average molecular weight is 368 g/mol. The van der Waals surface area contributed by atoms with Gasteiger partial charge in [-0.1, -0.05) is 41.9 Å². The molecule has 2 heterocycles. The number of halogens is 1. The molecular formula is C19H16ClN4O2. The molecule has 0 bridgehead atoms. The molecule has 0 unspecified atom stereocenters. The van der Waals surface area contributed by atoms with Crippen molar-refractivity contribution in [1.29, 1.82) is 0 Å². The lowest BCUT2D eigenvalue weighted by Crippen LogP contribution is -2.29. The fourth-order valence-electron chi connectivity index (χ4n) is 3.35. The third kappa shape index (κ3) is 2.82. The van der Waals surface area contributed by atoms with Crippen LogP contribution in [0.5, 0.6) is 0 Å². The lowest BCUT2D eigenvalue weighted by molar-refractivity contribution is -0.128. The number of carbonyl (C=O) groups excluding carboxylic acids is 2. The summed E-state index contributed by atoms with van der Waals surface area (Å²) in [5.74, 6) is -0.0309. The fraction of sp³-hybridized carbons (Fsp3) is 0.158. The molecule has 26 heavy (non-hydrogen) atoms. The van der Waals surface area contributed by atoms with Crippen LogP contribution in [-0.2, 0) is 24.3 Å². The second-order valence-electron chi connectivity index (χ2n) is 6.24. The summed E-state index contributed by atoms with van der Waals surface area (Å²) < 4.78 is 1.09. The molecule has 4 rings (SSSR count). The van der Waals surface area contributed by atoms with E-state index in [0.717, 1.165) is 26.8 Å². The lowest BCUT2D eigenvalue weighted by Gasteiger charge is -2.21. The predicted molar refractivity (Wildman–Crippen MR) is 98.4 cm³/mol. The molecule has 1 aliphatic heterocycles. The van der Waals surface area contributed by atoms with Crippen LogP contribution in [0.25, 0.3) is 10.9 Å². The molecule has 3 aromatic rings. The van der Waals surface area contributed by atoms with E-state index in [0.29, 0.717) is 30.0 Å². The normalized spacial score (nSPS) is 14.3.